The minimum atomic E-state index is -0.499. The summed E-state index contributed by atoms with van der Waals surface area (Å²) in [6.45, 7) is 3.98. The number of carbonyl (C=O) groups is 1. The van der Waals surface area contributed by atoms with E-state index >= 15 is 0 Å². The van der Waals surface area contributed by atoms with Crippen LogP contribution < -0.4 is 5.32 Å². The molecule has 1 heterocycles. The number of nitro benzene ring substituents is 1. The Morgan fingerprint density at radius 3 is 2.39 bits per heavy atom. The van der Waals surface area contributed by atoms with Crippen LogP contribution in [0, 0.1) is 24.0 Å². The number of aryl methyl sites for hydroxylation is 2. The number of fused-ring (bicyclic) bond motifs is 1. The molecule has 0 spiro atoms. The number of anilines is 1. The van der Waals surface area contributed by atoms with Crippen molar-refractivity contribution in [3.63, 3.8) is 0 Å². The van der Waals surface area contributed by atoms with Gasteiger partial charge in [0.1, 0.15) is 0 Å². The van der Waals surface area contributed by atoms with E-state index in [1.54, 1.807) is 0 Å². The fourth-order valence-corrected chi connectivity index (χ4v) is 3.22. The van der Waals surface area contributed by atoms with Crippen molar-refractivity contribution in [2.24, 2.45) is 0 Å². The first-order valence-corrected chi connectivity index (χ1v) is 7.70. The fraction of sp³-hybridized carbons (Fsp3) is 0.125. The van der Waals surface area contributed by atoms with E-state index in [2.05, 4.69) is 10.3 Å². The van der Waals surface area contributed by atoms with Crippen LogP contribution >= 0.6 is 11.3 Å². The van der Waals surface area contributed by atoms with E-state index in [1.165, 1.54) is 35.6 Å². The molecule has 116 valence electrons. The Labute approximate surface area is 135 Å². The second-order valence-corrected chi connectivity index (χ2v) is 6.15. The molecule has 0 radical (unpaired) electrons. The molecule has 6 nitrogen and oxygen atoms in total. The molecule has 0 aliphatic carbocycles. The lowest BCUT2D eigenvalue weighted by atomic mass is 10.1. The van der Waals surface area contributed by atoms with Crippen LogP contribution in [0.1, 0.15) is 21.5 Å². The molecule has 2 aromatic carbocycles. The Hall–Kier alpha value is -2.80. The fourth-order valence-electron chi connectivity index (χ4n) is 2.22. The standard InChI is InChI=1S/C16H13N3O3S/c1-9-3-4-10(2)14-13(9)17-16(23-14)18-15(20)11-5-7-12(8-6-11)19(21)22/h3-8H,1-2H3,(H,17,18,20). The molecule has 1 aromatic heterocycles. The molecule has 0 saturated carbocycles. The minimum Gasteiger partial charge on any atom is -0.298 e. The number of hydrogen-bond donors (Lipinski definition) is 1. The Bertz CT molecular complexity index is 877. The molecule has 1 amide bonds. The van der Waals surface area contributed by atoms with E-state index in [9.17, 15) is 14.9 Å². The molecular weight excluding hydrogens is 314 g/mol. The molecule has 0 aliphatic heterocycles. The first-order valence-electron chi connectivity index (χ1n) is 6.88. The molecular formula is C16H13N3O3S. The predicted molar refractivity (Wildman–Crippen MR) is 90.1 cm³/mol. The molecule has 0 aliphatic rings. The van der Waals surface area contributed by atoms with Gasteiger partial charge in [0.25, 0.3) is 11.6 Å². The molecule has 7 heteroatoms. The third-order valence-electron chi connectivity index (χ3n) is 3.50. The topological polar surface area (TPSA) is 85.1 Å². The monoisotopic (exact) mass is 327 g/mol. The number of aromatic nitrogens is 1. The average molecular weight is 327 g/mol. The highest BCUT2D eigenvalue weighted by molar-refractivity contribution is 7.22. The first kappa shape index (κ1) is 15.1. The number of rotatable bonds is 3. The van der Waals surface area contributed by atoms with Crippen LogP contribution in [0.3, 0.4) is 0 Å². The summed E-state index contributed by atoms with van der Waals surface area (Å²) in [7, 11) is 0. The number of nitrogens with one attached hydrogen (secondary N) is 1. The minimum absolute atomic E-state index is 0.0483. The van der Waals surface area contributed by atoms with Crippen LogP contribution in [0.2, 0.25) is 0 Å². The number of carbonyl (C=O) groups excluding carboxylic acids is 1. The SMILES string of the molecule is Cc1ccc(C)c2sc(NC(=O)c3ccc([N+](=O)[O-])cc3)nc12. The van der Waals surface area contributed by atoms with Crippen molar-refractivity contribution in [3.8, 4) is 0 Å². The van der Waals surface area contributed by atoms with E-state index in [0.717, 1.165) is 21.3 Å². The summed E-state index contributed by atoms with van der Waals surface area (Å²) in [5, 5.41) is 13.9. The molecule has 0 atom stereocenters. The third-order valence-corrected chi connectivity index (χ3v) is 4.61. The van der Waals surface area contributed by atoms with E-state index in [1.807, 2.05) is 26.0 Å². The van der Waals surface area contributed by atoms with E-state index < -0.39 is 4.92 Å². The third kappa shape index (κ3) is 2.91. The number of thiazole rings is 1. The van der Waals surface area contributed by atoms with Gasteiger partial charge in [-0.2, -0.15) is 0 Å². The predicted octanol–water partition coefficient (Wildman–Crippen LogP) is 4.07. The lowest BCUT2D eigenvalue weighted by Crippen LogP contribution is -2.11. The molecule has 23 heavy (non-hydrogen) atoms. The van der Waals surface area contributed by atoms with Gasteiger partial charge in [0.2, 0.25) is 0 Å². The van der Waals surface area contributed by atoms with Crippen molar-refractivity contribution in [3.05, 3.63) is 63.2 Å². The van der Waals surface area contributed by atoms with Crippen molar-refractivity contribution in [2.75, 3.05) is 5.32 Å². The van der Waals surface area contributed by atoms with Gasteiger partial charge >= 0.3 is 0 Å². The maximum absolute atomic E-state index is 12.2. The van der Waals surface area contributed by atoms with Gasteiger partial charge < -0.3 is 0 Å². The zero-order valence-electron chi connectivity index (χ0n) is 12.5. The van der Waals surface area contributed by atoms with Gasteiger partial charge in [0, 0.05) is 17.7 Å². The normalized spacial score (nSPS) is 10.7. The highest BCUT2D eigenvalue weighted by Crippen LogP contribution is 2.31. The van der Waals surface area contributed by atoms with Crippen LogP contribution in [0.15, 0.2) is 36.4 Å². The number of amides is 1. The van der Waals surface area contributed by atoms with Crippen molar-refractivity contribution < 1.29 is 9.72 Å². The molecule has 0 unspecified atom stereocenters. The lowest BCUT2D eigenvalue weighted by molar-refractivity contribution is -0.384. The molecule has 0 bridgehead atoms. The maximum Gasteiger partial charge on any atom is 0.269 e. The summed E-state index contributed by atoms with van der Waals surface area (Å²) >= 11 is 1.42. The maximum atomic E-state index is 12.2. The van der Waals surface area contributed by atoms with Crippen molar-refractivity contribution in [1.82, 2.24) is 4.98 Å². The Morgan fingerprint density at radius 2 is 1.78 bits per heavy atom. The van der Waals surface area contributed by atoms with E-state index in [4.69, 9.17) is 0 Å². The number of nitrogens with zero attached hydrogens (tertiary/aromatic N) is 2. The van der Waals surface area contributed by atoms with Crippen LogP contribution in [0.5, 0.6) is 0 Å². The van der Waals surface area contributed by atoms with Crippen molar-refractivity contribution in [2.45, 2.75) is 13.8 Å². The summed E-state index contributed by atoms with van der Waals surface area (Å²) in [6, 6.07) is 9.49. The quantitative estimate of drug-likeness (QED) is 0.580. The highest BCUT2D eigenvalue weighted by Gasteiger charge is 2.13. The summed E-state index contributed by atoms with van der Waals surface area (Å²) in [6.07, 6.45) is 0. The first-order chi connectivity index (χ1) is 11.0. The van der Waals surface area contributed by atoms with Gasteiger partial charge in [0.15, 0.2) is 5.13 Å². The number of nitro groups is 1. The largest absolute Gasteiger partial charge is 0.298 e. The van der Waals surface area contributed by atoms with Gasteiger partial charge in [-0.1, -0.05) is 23.5 Å². The zero-order valence-corrected chi connectivity index (χ0v) is 13.3. The van der Waals surface area contributed by atoms with E-state index in [-0.39, 0.29) is 11.6 Å². The second kappa shape index (κ2) is 5.77. The highest BCUT2D eigenvalue weighted by atomic mass is 32.1. The molecule has 1 N–H and O–H groups in total. The number of hydrogen-bond acceptors (Lipinski definition) is 5. The van der Waals surface area contributed by atoms with Gasteiger partial charge in [0.05, 0.1) is 15.1 Å². The smallest absolute Gasteiger partial charge is 0.269 e. The van der Waals surface area contributed by atoms with Crippen LogP contribution in [0.4, 0.5) is 10.8 Å². The van der Waals surface area contributed by atoms with Crippen molar-refractivity contribution >= 4 is 38.3 Å². The van der Waals surface area contributed by atoms with Crippen molar-refractivity contribution in [1.29, 1.82) is 0 Å². The van der Waals surface area contributed by atoms with Crippen LogP contribution in [0.25, 0.3) is 10.2 Å². The summed E-state index contributed by atoms with van der Waals surface area (Å²) in [4.78, 5) is 26.8. The summed E-state index contributed by atoms with van der Waals surface area (Å²) < 4.78 is 1.05. The van der Waals surface area contributed by atoms with Gasteiger partial charge in [-0.25, -0.2) is 4.98 Å². The van der Waals surface area contributed by atoms with E-state index in [0.29, 0.717) is 10.7 Å². The number of non-ortho nitro benzene ring substituents is 1. The summed E-state index contributed by atoms with van der Waals surface area (Å²) in [5.74, 6) is -0.339. The molecule has 3 aromatic rings. The zero-order chi connectivity index (χ0) is 16.6. The van der Waals surface area contributed by atoms with Gasteiger partial charge in [-0.15, -0.1) is 0 Å². The molecule has 3 rings (SSSR count). The molecule has 0 fully saturated rings. The Kier molecular flexibility index (Phi) is 3.79. The molecule has 0 saturated heterocycles. The van der Waals surface area contributed by atoms with Gasteiger partial charge in [-0.05, 0) is 37.1 Å². The Morgan fingerprint density at radius 1 is 1.13 bits per heavy atom. The summed E-state index contributed by atoms with van der Waals surface area (Å²) in [5.41, 5.74) is 3.35. The lowest BCUT2D eigenvalue weighted by Gasteiger charge is -2.01. The van der Waals surface area contributed by atoms with Crippen LogP contribution in [-0.4, -0.2) is 15.8 Å². The second-order valence-electron chi connectivity index (χ2n) is 5.15. The Balaban J connectivity index is 1.86. The van der Waals surface area contributed by atoms with Gasteiger partial charge in [-0.3, -0.25) is 20.2 Å². The van der Waals surface area contributed by atoms with Crippen LogP contribution in [-0.2, 0) is 0 Å². The number of benzene rings is 2. The average Bonchev–Trinajstić information content (AvgIpc) is 2.96.